The summed E-state index contributed by atoms with van der Waals surface area (Å²) in [5.41, 5.74) is 5.22. The molecule has 1 rings (SSSR count). The van der Waals surface area contributed by atoms with E-state index in [1.54, 1.807) is 14.1 Å². The molecule has 0 bridgehead atoms. The standard InChI is InChI=1S/C10H16N6O3/c1-15(2)10(17)13-6-5-12-8-4-3-7(16(18)19)9(11)14-8/h3-4H,5-6H2,1-2H3,(H,13,17)(H3,11,12,14). The number of hydrogen-bond donors (Lipinski definition) is 3. The second-order valence-corrected chi connectivity index (χ2v) is 3.91. The van der Waals surface area contributed by atoms with Crippen LogP contribution in [0.4, 0.5) is 22.1 Å². The number of rotatable bonds is 5. The Morgan fingerprint density at radius 1 is 1.47 bits per heavy atom. The lowest BCUT2D eigenvalue weighted by Crippen LogP contribution is -2.37. The minimum absolute atomic E-state index is 0.146. The van der Waals surface area contributed by atoms with Crippen LogP contribution in [0, 0.1) is 10.1 Å². The van der Waals surface area contributed by atoms with Crippen molar-refractivity contribution in [1.82, 2.24) is 15.2 Å². The third kappa shape index (κ3) is 4.30. The number of nitro groups is 1. The number of urea groups is 1. The molecule has 0 aliphatic carbocycles. The molecule has 0 aliphatic rings. The molecule has 0 saturated heterocycles. The van der Waals surface area contributed by atoms with Crippen LogP contribution in [0.1, 0.15) is 0 Å². The fraction of sp³-hybridized carbons (Fsp3) is 0.400. The fourth-order valence-electron chi connectivity index (χ4n) is 1.24. The van der Waals surface area contributed by atoms with Crippen LogP contribution in [-0.4, -0.2) is 48.0 Å². The van der Waals surface area contributed by atoms with Gasteiger partial charge in [-0.3, -0.25) is 10.1 Å². The van der Waals surface area contributed by atoms with E-state index in [1.807, 2.05) is 0 Å². The molecule has 9 heteroatoms. The molecule has 0 saturated carbocycles. The van der Waals surface area contributed by atoms with Crippen molar-refractivity contribution in [1.29, 1.82) is 0 Å². The number of nitrogens with one attached hydrogen (secondary N) is 2. The van der Waals surface area contributed by atoms with E-state index in [4.69, 9.17) is 5.73 Å². The number of hydrogen-bond acceptors (Lipinski definition) is 6. The molecule has 104 valence electrons. The topological polar surface area (TPSA) is 126 Å². The van der Waals surface area contributed by atoms with Gasteiger partial charge in [-0.25, -0.2) is 9.78 Å². The van der Waals surface area contributed by atoms with E-state index in [1.165, 1.54) is 17.0 Å². The summed E-state index contributed by atoms with van der Waals surface area (Å²) in [7, 11) is 3.28. The van der Waals surface area contributed by atoms with Crippen molar-refractivity contribution in [2.75, 3.05) is 38.2 Å². The first-order valence-corrected chi connectivity index (χ1v) is 5.51. The van der Waals surface area contributed by atoms with Gasteiger partial charge in [0.25, 0.3) is 0 Å². The van der Waals surface area contributed by atoms with E-state index in [2.05, 4.69) is 15.6 Å². The van der Waals surface area contributed by atoms with Crippen molar-refractivity contribution in [2.24, 2.45) is 0 Å². The van der Waals surface area contributed by atoms with E-state index in [-0.39, 0.29) is 17.5 Å². The Morgan fingerprint density at radius 2 is 2.16 bits per heavy atom. The van der Waals surface area contributed by atoms with Gasteiger partial charge in [0.15, 0.2) is 0 Å². The summed E-state index contributed by atoms with van der Waals surface area (Å²) in [6, 6.07) is 2.55. The molecule has 1 aromatic heterocycles. The molecule has 4 N–H and O–H groups in total. The number of pyridine rings is 1. The average Bonchev–Trinajstić information content (AvgIpc) is 2.33. The van der Waals surface area contributed by atoms with Crippen LogP contribution in [0.5, 0.6) is 0 Å². The summed E-state index contributed by atoms with van der Waals surface area (Å²) < 4.78 is 0. The van der Waals surface area contributed by atoms with Crippen LogP contribution in [0.15, 0.2) is 12.1 Å². The van der Waals surface area contributed by atoms with Crippen LogP contribution in [0.3, 0.4) is 0 Å². The maximum Gasteiger partial charge on any atom is 0.316 e. The lowest BCUT2D eigenvalue weighted by molar-refractivity contribution is -0.384. The quantitative estimate of drug-likeness (QED) is 0.399. The van der Waals surface area contributed by atoms with Crippen molar-refractivity contribution >= 4 is 23.4 Å². The normalized spacial score (nSPS) is 9.79. The largest absolute Gasteiger partial charge is 0.378 e. The van der Waals surface area contributed by atoms with Gasteiger partial charge in [0.1, 0.15) is 5.82 Å². The van der Waals surface area contributed by atoms with Gasteiger partial charge in [0.05, 0.1) is 4.92 Å². The number of nitrogen functional groups attached to an aromatic ring is 1. The first-order valence-electron chi connectivity index (χ1n) is 5.51. The zero-order valence-corrected chi connectivity index (χ0v) is 10.7. The molecule has 0 aliphatic heterocycles. The van der Waals surface area contributed by atoms with E-state index in [9.17, 15) is 14.9 Å². The molecule has 0 fully saturated rings. The third-order valence-corrected chi connectivity index (χ3v) is 2.21. The van der Waals surface area contributed by atoms with Crippen molar-refractivity contribution in [3.63, 3.8) is 0 Å². The maximum atomic E-state index is 11.2. The SMILES string of the molecule is CN(C)C(=O)NCCNc1ccc([N+](=O)[O-])c(N)n1. The predicted molar refractivity (Wildman–Crippen MR) is 70.9 cm³/mol. The second-order valence-electron chi connectivity index (χ2n) is 3.91. The highest BCUT2D eigenvalue weighted by Crippen LogP contribution is 2.20. The Morgan fingerprint density at radius 3 is 2.68 bits per heavy atom. The van der Waals surface area contributed by atoms with Gasteiger partial charge in [-0.15, -0.1) is 0 Å². The average molecular weight is 268 g/mol. The summed E-state index contributed by atoms with van der Waals surface area (Å²) in [5.74, 6) is 0.273. The van der Waals surface area contributed by atoms with Crippen molar-refractivity contribution in [2.45, 2.75) is 0 Å². The van der Waals surface area contributed by atoms with E-state index >= 15 is 0 Å². The minimum atomic E-state index is -0.594. The van der Waals surface area contributed by atoms with E-state index in [0.717, 1.165) is 0 Å². The summed E-state index contributed by atoms with van der Waals surface area (Å²) >= 11 is 0. The molecule has 1 aromatic rings. The lowest BCUT2D eigenvalue weighted by atomic mass is 10.4. The van der Waals surface area contributed by atoms with Crippen molar-refractivity contribution in [3.05, 3.63) is 22.2 Å². The van der Waals surface area contributed by atoms with Gasteiger partial charge in [0.2, 0.25) is 5.82 Å². The number of carbonyl (C=O) groups excluding carboxylic acids is 1. The zero-order chi connectivity index (χ0) is 14.4. The molecule has 0 spiro atoms. The number of aromatic nitrogens is 1. The Kier molecular flexibility index (Phi) is 4.86. The Hall–Kier alpha value is -2.58. The number of carbonyl (C=O) groups is 1. The number of amides is 2. The van der Waals surface area contributed by atoms with Crippen molar-refractivity contribution < 1.29 is 9.72 Å². The van der Waals surface area contributed by atoms with Gasteiger partial charge in [-0.1, -0.05) is 0 Å². The van der Waals surface area contributed by atoms with Crippen LogP contribution in [0.2, 0.25) is 0 Å². The summed E-state index contributed by atoms with van der Waals surface area (Å²) in [6.45, 7) is 0.833. The molecule has 9 nitrogen and oxygen atoms in total. The van der Waals surface area contributed by atoms with Gasteiger partial charge in [-0.2, -0.15) is 0 Å². The highest BCUT2D eigenvalue weighted by molar-refractivity contribution is 5.73. The van der Waals surface area contributed by atoms with Gasteiger partial charge < -0.3 is 21.3 Å². The third-order valence-electron chi connectivity index (χ3n) is 2.21. The molecule has 19 heavy (non-hydrogen) atoms. The minimum Gasteiger partial charge on any atom is -0.378 e. The predicted octanol–water partition coefficient (Wildman–Crippen LogP) is 0.255. The molecule has 0 unspecified atom stereocenters. The number of anilines is 2. The Bertz CT molecular complexity index is 476. The first kappa shape index (κ1) is 14.5. The lowest BCUT2D eigenvalue weighted by Gasteiger charge is -2.12. The molecule has 0 aromatic carbocycles. The van der Waals surface area contributed by atoms with Crippen molar-refractivity contribution in [3.8, 4) is 0 Å². The summed E-state index contributed by atoms with van der Waals surface area (Å²) in [6.07, 6.45) is 0. The fourth-order valence-corrected chi connectivity index (χ4v) is 1.24. The number of nitrogens with two attached hydrogens (primary N) is 1. The van der Waals surface area contributed by atoms with Gasteiger partial charge in [0, 0.05) is 33.3 Å². The second kappa shape index (κ2) is 6.38. The first-order chi connectivity index (χ1) is 8.91. The van der Waals surface area contributed by atoms with E-state index in [0.29, 0.717) is 18.9 Å². The molecule has 0 radical (unpaired) electrons. The Balaban J connectivity index is 2.44. The Labute approximate surface area is 109 Å². The van der Waals surface area contributed by atoms with Crippen LogP contribution in [0.25, 0.3) is 0 Å². The van der Waals surface area contributed by atoms with Crippen LogP contribution >= 0.6 is 0 Å². The smallest absolute Gasteiger partial charge is 0.316 e. The molecular weight excluding hydrogens is 252 g/mol. The zero-order valence-electron chi connectivity index (χ0n) is 10.7. The number of nitrogens with zero attached hydrogens (tertiary/aromatic N) is 3. The summed E-state index contributed by atoms with van der Waals surface area (Å²) in [4.78, 5) is 26.4. The monoisotopic (exact) mass is 268 g/mol. The molecule has 0 atom stereocenters. The summed E-state index contributed by atoms with van der Waals surface area (Å²) in [5, 5.41) is 16.1. The molecule has 2 amide bonds. The highest BCUT2D eigenvalue weighted by Gasteiger charge is 2.12. The van der Waals surface area contributed by atoms with Crippen LogP contribution in [-0.2, 0) is 0 Å². The highest BCUT2D eigenvalue weighted by atomic mass is 16.6. The van der Waals surface area contributed by atoms with Gasteiger partial charge >= 0.3 is 11.7 Å². The van der Waals surface area contributed by atoms with Gasteiger partial charge in [-0.05, 0) is 6.07 Å². The molecular formula is C10H16N6O3. The maximum absolute atomic E-state index is 11.2. The van der Waals surface area contributed by atoms with E-state index < -0.39 is 4.92 Å². The van der Waals surface area contributed by atoms with Crippen LogP contribution < -0.4 is 16.4 Å². The molecule has 1 heterocycles.